The molecule has 2 aromatic heterocycles. The number of aliphatic hydroxyl groups is 1. The van der Waals surface area contributed by atoms with E-state index in [0.717, 1.165) is 6.42 Å². The van der Waals surface area contributed by atoms with Gasteiger partial charge in [-0.25, -0.2) is 4.79 Å². The molecule has 116 valence electrons. The first-order valence-corrected chi connectivity index (χ1v) is 6.99. The van der Waals surface area contributed by atoms with E-state index >= 15 is 0 Å². The van der Waals surface area contributed by atoms with Crippen LogP contribution in [-0.4, -0.2) is 36.4 Å². The van der Waals surface area contributed by atoms with E-state index in [1.54, 1.807) is 18.5 Å². The second-order valence-electron chi connectivity index (χ2n) is 5.34. The fourth-order valence-electron chi connectivity index (χ4n) is 2.11. The van der Waals surface area contributed by atoms with Gasteiger partial charge in [-0.15, -0.1) is 0 Å². The van der Waals surface area contributed by atoms with Gasteiger partial charge in [0.1, 0.15) is 0 Å². The molecule has 0 aromatic carbocycles. The number of H-pyrrole nitrogens is 1. The van der Waals surface area contributed by atoms with Crippen LogP contribution in [0.4, 0.5) is 5.95 Å². The van der Waals surface area contributed by atoms with E-state index < -0.39 is 17.4 Å². The minimum Gasteiger partial charge on any atom is -0.392 e. The van der Waals surface area contributed by atoms with Crippen LogP contribution in [0.5, 0.6) is 0 Å². The van der Waals surface area contributed by atoms with Gasteiger partial charge in [-0.2, -0.15) is 4.98 Å². The van der Waals surface area contributed by atoms with Crippen molar-refractivity contribution in [1.29, 1.82) is 0 Å². The van der Waals surface area contributed by atoms with E-state index in [0.29, 0.717) is 11.6 Å². The lowest BCUT2D eigenvalue weighted by Crippen LogP contribution is -2.30. The van der Waals surface area contributed by atoms with Gasteiger partial charge in [0, 0.05) is 13.1 Å². The molecule has 0 aliphatic rings. The zero-order valence-electron chi connectivity index (χ0n) is 12.7. The van der Waals surface area contributed by atoms with Gasteiger partial charge >= 0.3 is 5.69 Å². The molecule has 0 amide bonds. The summed E-state index contributed by atoms with van der Waals surface area (Å²) in [4.78, 5) is 30.4. The summed E-state index contributed by atoms with van der Waals surface area (Å²) in [5, 5.41) is 12.9. The van der Waals surface area contributed by atoms with Gasteiger partial charge in [0.25, 0.3) is 5.56 Å². The van der Waals surface area contributed by atoms with Gasteiger partial charge in [0.2, 0.25) is 5.95 Å². The van der Waals surface area contributed by atoms with Crippen molar-refractivity contribution in [1.82, 2.24) is 19.1 Å². The van der Waals surface area contributed by atoms with E-state index in [4.69, 9.17) is 0 Å². The second-order valence-corrected chi connectivity index (χ2v) is 5.34. The lowest BCUT2D eigenvalue weighted by Gasteiger charge is -2.15. The first-order chi connectivity index (χ1) is 9.85. The maximum Gasteiger partial charge on any atom is 0.329 e. The Hall–Kier alpha value is -2.09. The van der Waals surface area contributed by atoms with Crippen LogP contribution in [-0.2, 0) is 13.6 Å². The summed E-state index contributed by atoms with van der Waals surface area (Å²) in [6.07, 6.45) is 0.240. The van der Waals surface area contributed by atoms with Crippen molar-refractivity contribution in [3.05, 3.63) is 20.8 Å². The quantitative estimate of drug-likeness (QED) is 0.721. The molecule has 0 aliphatic heterocycles. The van der Waals surface area contributed by atoms with Gasteiger partial charge in [0.05, 0.1) is 12.6 Å². The van der Waals surface area contributed by atoms with Gasteiger partial charge in [-0.05, 0) is 20.3 Å². The van der Waals surface area contributed by atoms with Gasteiger partial charge < -0.3 is 15.0 Å². The zero-order chi connectivity index (χ0) is 15.7. The van der Waals surface area contributed by atoms with E-state index in [1.165, 1.54) is 4.57 Å². The first-order valence-electron chi connectivity index (χ1n) is 6.99. The van der Waals surface area contributed by atoms with Crippen LogP contribution >= 0.6 is 0 Å². The molecule has 0 fully saturated rings. The van der Waals surface area contributed by atoms with Gasteiger partial charge in [0.15, 0.2) is 11.2 Å². The number of hydrogen-bond donors (Lipinski definition) is 3. The number of aromatic amines is 1. The maximum absolute atomic E-state index is 12.1. The number of anilines is 1. The molecule has 0 saturated heterocycles. The molecule has 8 nitrogen and oxygen atoms in total. The van der Waals surface area contributed by atoms with Crippen LogP contribution in [0.2, 0.25) is 0 Å². The van der Waals surface area contributed by atoms with Gasteiger partial charge in [-0.3, -0.25) is 14.3 Å². The molecule has 2 rings (SSSR count). The standard InChI is InChI=1S/C13H21N5O3/c1-5-7(2)14-12-15-10-9(18(12)6-8(3)19)11(20)16-13(21)17(10)4/h7-8,19H,5-6H2,1-4H3,(H,14,15)(H,16,20,21)/t7-,8+/m1/s1. The summed E-state index contributed by atoms with van der Waals surface area (Å²) < 4.78 is 2.90. The largest absolute Gasteiger partial charge is 0.392 e. The monoisotopic (exact) mass is 295 g/mol. The molecular formula is C13H21N5O3. The number of nitrogens with one attached hydrogen (secondary N) is 2. The maximum atomic E-state index is 12.1. The Morgan fingerprint density at radius 1 is 1.38 bits per heavy atom. The van der Waals surface area contributed by atoms with Crippen LogP contribution in [0.15, 0.2) is 9.59 Å². The summed E-state index contributed by atoms with van der Waals surface area (Å²) in [7, 11) is 1.55. The smallest absolute Gasteiger partial charge is 0.329 e. The van der Waals surface area contributed by atoms with Crippen molar-refractivity contribution in [3.8, 4) is 0 Å². The Bertz CT molecular complexity index is 755. The molecule has 21 heavy (non-hydrogen) atoms. The molecule has 0 aliphatic carbocycles. The first kappa shape index (κ1) is 15.3. The molecule has 0 bridgehead atoms. The zero-order valence-corrected chi connectivity index (χ0v) is 12.7. The van der Waals surface area contributed by atoms with Crippen LogP contribution in [0.3, 0.4) is 0 Å². The van der Waals surface area contributed by atoms with Crippen molar-refractivity contribution in [3.63, 3.8) is 0 Å². The number of aryl methyl sites for hydroxylation is 1. The number of imidazole rings is 1. The Morgan fingerprint density at radius 2 is 2.05 bits per heavy atom. The third-order valence-corrected chi connectivity index (χ3v) is 3.44. The average Bonchev–Trinajstić information content (AvgIpc) is 2.74. The number of aliphatic hydroxyl groups excluding tert-OH is 1. The van der Waals surface area contributed by atoms with Crippen molar-refractivity contribution in [2.45, 2.75) is 45.9 Å². The number of fused-ring (bicyclic) bond motifs is 1. The fraction of sp³-hybridized carbons (Fsp3) is 0.615. The summed E-state index contributed by atoms with van der Waals surface area (Å²) in [5.74, 6) is 0.479. The van der Waals surface area contributed by atoms with Crippen LogP contribution in [0, 0.1) is 0 Å². The lowest BCUT2D eigenvalue weighted by molar-refractivity contribution is 0.175. The minimum atomic E-state index is -0.642. The van der Waals surface area contributed by atoms with E-state index in [9.17, 15) is 14.7 Å². The normalized spacial score (nSPS) is 14.3. The lowest BCUT2D eigenvalue weighted by atomic mass is 10.3. The molecular weight excluding hydrogens is 274 g/mol. The highest BCUT2D eigenvalue weighted by molar-refractivity contribution is 5.74. The highest BCUT2D eigenvalue weighted by Gasteiger charge is 2.19. The summed E-state index contributed by atoms with van der Waals surface area (Å²) >= 11 is 0. The Morgan fingerprint density at radius 3 is 2.62 bits per heavy atom. The fourth-order valence-corrected chi connectivity index (χ4v) is 2.11. The van der Waals surface area contributed by atoms with Gasteiger partial charge in [-0.1, -0.05) is 6.92 Å². The van der Waals surface area contributed by atoms with Crippen molar-refractivity contribution < 1.29 is 5.11 Å². The van der Waals surface area contributed by atoms with Crippen molar-refractivity contribution in [2.75, 3.05) is 5.32 Å². The third kappa shape index (κ3) is 2.85. The SMILES string of the molecule is CC[C@@H](C)Nc1nc2c(c(=O)[nH]c(=O)n2C)n1C[C@H](C)O. The van der Waals surface area contributed by atoms with E-state index in [1.807, 2.05) is 13.8 Å². The highest BCUT2D eigenvalue weighted by atomic mass is 16.3. The molecule has 0 radical (unpaired) electrons. The molecule has 2 aromatic rings. The molecule has 2 atom stereocenters. The van der Waals surface area contributed by atoms with Crippen LogP contribution < -0.4 is 16.6 Å². The van der Waals surface area contributed by atoms with E-state index in [-0.39, 0.29) is 18.1 Å². The molecule has 3 N–H and O–H groups in total. The van der Waals surface area contributed by atoms with Crippen LogP contribution in [0.25, 0.3) is 11.2 Å². The molecule has 8 heteroatoms. The Kier molecular flexibility index (Phi) is 4.17. The van der Waals surface area contributed by atoms with Crippen LogP contribution in [0.1, 0.15) is 27.2 Å². The third-order valence-electron chi connectivity index (χ3n) is 3.44. The summed E-state index contributed by atoms with van der Waals surface area (Å²) in [6, 6.07) is 0.158. The highest BCUT2D eigenvalue weighted by Crippen LogP contribution is 2.17. The van der Waals surface area contributed by atoms with E-state index in [2.05, 4.69) is 15.3 Å². The van der Waals surface area contributed by atoms with Crippen molar-refractivity contribution >= 4 is 17.1 Å². The Labute approximate surface area is 121 Å². The minimum absolute atomic E-state index is 0.158. The summed E-state index contributed by atoms with van der Waals surface area (Å²) in [5.41, 5.74) is -0.429. The molecule has 0 saturated carbocycles. The predicted molar refractivity (Wildman–Crippen MR) is 80.7 cm³/mol. The summed E-state index contributed by atoms with van der Waals surface area (Å²) in [6.45, 7) is 5.88. The molecule has 0 unspecified atom stereocenters. The number of aromatic nitrogens is 4. The Balaban J connectivity index is 2.72. The average molecular weight is 295 g/mol. The van der Waals surface area contributed by atoms with Crippen molar-refractivity contribution in [2.24, 2.45) is 7.05 Å². The predicted octanol–water partition coefficient (Wildman–Crippen LogP) is 0.0145. The second kappa shape index (κ2) is 5.72. The number of nitrogens with zero attached hydrogens (tertiary/aromatic N) is 3. The number of hydrogen-bond acceptors (Lipinski definition) is 5. The molecule has 2 heterocycles. The number of rotatable bonds is 5. The topological polar surface area (TPSA) is 105 Å². The molecule has 0 spiro atoms.